The van der Waals surface area contributed by atoms with Crippen LogP contribution in [0, 0.1) is 3.57 Å². The molecule has 0 saturated heterocycles. The molecule has 4 rings (SSSR count). The summed E-state index contributed by atoms with van der Waals surface area (Å²) in [5.74, 6) is 0.724. The Bertz CT molecular complexity index is 1150. The van der Waals surface area contributed by atoms with Crippen LogP contribution in [0.15, 0.2) is 114 Å². The van der Waals surface area contributed by atoms with Crippen LogP contribution in [0.5, 0.6) is 0 Å². The Kier molecular flexibility index (Phi) is 13.2. The zero-order chi connectivity index (χ0) is 25.5. The summed E-state index contributed by atoms with van der Waals surface area (Å²) in [5.41, 5.74) is 14.1. The Morgan fingerprint density at radius 1 is 0.657 bits per heavy atom. The average Bonchev–Trinajstić information content (AvgIpc) is 2.91. The van der Waals surface area contributed by atoms with Crippen LogP contribution in [0.25, 0.3) is 0 Å². The van der Waals surface area contributed by atoms with Gasteiger partial charge in [0.1, 0.15) is 0 Å². The number of alkyl halides is 1. The topological polar surface area (TPSA) is 86.2 Å². The maximum Gasteiger partial charge on any atom is 0.173 e. The van der Waals surface area contributed by atoms with Crippen molar-refractivity contribution in [2.24, 2.45) is 0 Å². The van der Waals surface area contributed by atoms with E-state index >= 15 is 0 Å². The minimum absolute atomic E-state index is 0.126. The van der Waals surface area contributed by atoms with Crippen LogP contribution in [-0.2, 0) is 0 Å². The Labute approximate surface area is 232 Å². The predicted molar refractivity (Wildman–Crippen MR) is 160 cm³/mol. The molecule has 0 aromatic heterocycles. The lowest BCUT2D eigenvalue weighted by molar-refractivity contribution is 0.101. The van der Waals surface area contributed by atoms with Gasteiger partial charge in [0.2, 0.25) is 0 Å². The molecule has 0 heterocycles. The number of ketones is 2. The summed E-state index contributed by atoms with van der Waals surface area (Å²) in [4.78, 5) is 23.9. The van der Waals surface area contributed by atoms with Crippen LogP contribution < -0.4 is 11.5 Å². The molecule has 0 fully saturated rings. The van der Waals surface area contributed by atoms with E-state index in [1.54, 1.807) is 0 Å². The molecular weight excluding hydrogens is 635 g/mol. The summed E-state index contributed by atoms with van der Waals surface area (Å²) in [6.07, 6.45) is 0. The molecule has 0 radical (unpaired) electrons. The predicted octanol–water partition coefficient (Wildman–Crippen LogP) is 7.38. The van der Waals surface area contributed by atoms with Gasteiger partial charge < -0.3 is 11.5 Å². The highest BCUT2D eigenvalue weighted by atomic mass is 127. The number of rotatable bonds is 6. The smallest absolute Gasteiger partial charge is 0.173 e. The van der Waals surface area contributed by atoms with E-state index in [9.17, 15) is 9.59 Å². The fourth-order valence-corrected chi connectivity index (χ4v) is 4.06. The maximum atomic E-state index is 11.8. The van der Waals surface area contributed by atoms with Crippen LogP contribution in [-0.4, -0.2) is 22.6 Å². The summed E-state index contributed by atoms with van der Waals surface area (Å²) in [6, 6.07) is 33.9. The molecule has 0 aliphatic rings. The maximum absolute atomic E-state index is 11.8. The first kappa shape index (κ1) is 28.6. The third-order valence-corrected chi connectivity index (χ3v) is 6.67. The zero-order valence-electron chi connectivity index (χ0n) is 18.9. The number of halogens is 2. The van der Waals surface area contributed by atoms with Gasteiger partial charge in [-0.25, -0.2) is 0 Å². The monoisotopic (exact) mass is 660 g/mol. The number of carbonyl (C=O) groups is 2. The van der Waals surface area contributed by atoms with Crippen molar-refractivity contribution in [2.45, 2.75) is 4.90 Å². The highest BCUT2D eigenvalue weighted by Crippen LogP contribution is 2.20. The Morgan fingerprint density at radius 2 is 1.09 bits per heavy atom. The van der Waals surface area contributed by atoms with Crippen molar-refractivity contribution < 1.29 is 9.59 Å². The molecule has 4 aromatic rings. The molecule has 0 aliphatic heterocycles. The standard InChI is InChI=1S/C14H13NOS.C8H7BrO.C6H6IN/c15-12-6-8-13(9-7-12)17-10-14(16)11-4-2-1-3-5-11;9-6-8(10)7-4-2-1-3-5-7;7-5-1-3-6(8)4-2-5/h1-9H,10,15H2;1-5H,6H2;1-4H,8H2. The van der Waals surface area contributed by atoms with Gasteiger partial charge in [-0.15, -0.1) is 11.8 Å². The molecular formula is C28H26BrIN2O2S. The summed E-state index contributed by atoms with van der Waals surface area (Å²) >= 11 is 6.87. The minimum atomic E-state index is 0.126. The van der Waals surface area contributed by atoms with E-state index in [2.05, 4.69) is 38.5 Å². The molecule has 0 bridgehead atoms. The number of hydrogen-bond donors (Lipinski definition) is 2. The first-order valence-corrected chi connectivity index (χ1v) is 13.8. The largest absolute Gasteiger partial charge is 0.399 e. The number of nitrogen functional groups attached to an aromatic ring is 2. The van der Waals surface area contributed by atoms with Gasteiger partial charge in [0, 0.05) is 31.0 Å². The second kappa shape index (κ2) is 16.1. The number of hydrogen-bond acceptors (Lipinski definition) is 5. The quantitative estimate of drug-likeness (QED) is 0.0741. The summed E-state index contributed by atoms with van der Waals surface area (Å²) < 4.78 is 1.22. The molecule has 0 aliphatic carbocycles. The van der Waals surface area contributed by atoms with E-state index < -0.39 is 0 Å². The van der Waals surface area contributed by atoms with E-state index in [-0.39, 0.29) is 11.6 Å². The number of benzene rings is 4. The van der Waals surface area contributed by atoms with Crippen LogP contribution in [0.1, 0.15) is 20.7 Å². The SMILES string of the molecule is Nc1ccc(I)cc1.Nc1ccc(SCC(=O)c2ccccc2)cc1.O=C(CBr)c1ccccc1. The first-order chi connectivity index (χ1) is 16.9. The number of nitrogens with two attached hydrogens (primary N) is 2. The molecule has 0 amide bonds. The highest BCUT2D eigenvalue weighted by molar-refractivity contribution is 14.1. The van der Waals surface area contributed by atoms with Crippen molar-refractivity contribution in [1.29, 1.82) is 0 Å². The van der Waals surface area contributed by atoms with Crippen molar-refractivity contribution >= 4 is 73.2 Å². The Morgan fingerprint density at radius 3 is 1.51 bits per heavy atom. The van der Waals surface area contributed by atoms with E-state index in [1.807, 2.05) is 109 Å². The molecule has 4 aromatic carbocycles. The van der Waals surface area contributed by atoms with E-state index in [1.165, 1.54) is 15.3 Å². The molecule has 7 heteroatoms. The van der Waals surface area contributed by atoms with Gasteiger partial charge in [-0.3, -0.25) is 9.59 Å². The fourth-order valence-electron chi connectivity index (χ4n) is 2.58. The van der Waals surface area contributed by atoms with Gasteiger partial charge in [-0.1, -0.05) is 76.6 Å². The Balaban J connectivity index is 0.000000204. The highest BCUT2D eigenvalue weighted by Gasteiger charge is 2.05. The number of anilines is 2. The van der Waals surface area contributed by atoms with Crippen molar-refractivity contribution in [3.63, 3.8) is 0 Å². The van der Waals surface area contributed by atoms with Crippen molar-refractivity contribution in [1.82, 2.24) is 0 Å². The lowest BCUT2D eigenvalue weighted by Crippen LogP contribution is -2.01. The molecule has 180 valence electrons. The number of Topliss-reactive ketones (excluding diaryl/α,β-unsaturated/α-hetero) is 2. The molecule has 0 atom stereocenters. The summed E-state index contributed by atoms with van der Waals surface area (Å²) in [6.45, 7) is 0. The van der Waals surface area contributed by atoms with Gasteiger partial charge in [0.05, 0.1) is 11.1 Å². The second-order valence-corrected chi connectivity index (χ2v) is 9.98. The second-order valence-electron chi connectivity index (χ2n) is 7.12. The molecule has 0 spiro atoms. The minimum Gasteiger partial charge on any atom is -0.399 e. The van der Waals surface area contributed by atoms with E-state index in [0.717, 1.165) is 27.4 Å². The summed E-state index contributed by atoms with van der Waals surface area (Å²) in [5, 5.41) is 0.400. The molecule has 4 N–H and O–H groups in total. The first-order valence-electron chi connectivity index (χ1n) is 10.6. The average molecular weight is 661 g/mol. The summed E-state index contributed by atoms with van der Waals surface area (Å²) in [7, 11) is 0. The van der Waals surface area contributed by atoms with Crippen LogP contribution in [0.3, 0.4) is 0 Å². The lowest BCUT2D eigenvalue weighted by atomic mass is 10.2. The van der Waals surface area contributed by atoms with Crippen molar-refractivity contribution in [3.05, 3.63) is 124 Å². The molecule has 35 heavy (non-hydrogen) atoms. The molecule has 0 saturated carbocycles. The Hall–Kier alpha value is -2.62. The van der Waals surface area contributed by atoms with Gasteiger partial charge in [-0.05, 0) is 71.1 Å². The van der Waals surface area contributed by atoms with Gasteiger partial charge in [0.15, 0.2) is 11.6 Å². The van der Waals surface area contributed by atoms with Crippen molar-refractivity contribution in [2.75, 3.05) is 22.6 Å². The van der Waals surface area contributed by atoms with E-state index in [0.29, 0.717) is 11.1 Å². The molecule has 0 unspecified atom stereocenters. The molecule has 4 nitrogen and oxygen atoms in total. The van der Waals surface area contributed by atoms with Crippen molar-refractivity contribution in [3.8, 4) is 0 Å². The van der Waals surface area contributed by atoms with Crippen LogP contribution in [0.4, 0.5) is 11.4 Å². The number of thioether (sulfide) groups is 1. The van der Waals surface area contributed by atoms with E-state index in [4.69, 9.17) is 11.5 Å². The third kappa shape index (κ3) is 11.6. The zero-order valence-corrected chi connectivity index (χ0v) is 23.5. The lowest BCUT2D eigenvalue weighted by Gasteiger charge is -2.02. The van der Waals surface area contributed by atoms with Crippen LogP contribution >= 0.6 is 50.3 Å². The normalized spacial score (nSPS) is 9.66. The van der Waals surface area contributed by atoms with Gasteiger partial charge in [0.25, 0.3) is 0 Å². The fraction of sp³-hybridized carbons (Fsp3) is 0.0714. The number of carbonyl (C=O) groups excluding carboxylic acids is 2. The third-order valence-electron chi connectivity index (χ3n) is 4.43. The van der Waals surface area contributed by atoms with Crippen LogP contribution in [0.2, 0.25) is 0 Å². The van der Waals surface area contributed by atoms with Gasteiger partial charge in [-0.2, -0.15) is 0 Å². The van der Waals surface area contributed by atoms with Gasteiger partial charge >= 0.3 is 0 Å².